The first kappa shape index (κ1) is 13.0. The number of hydrogen-bond acceptors (Lipinski definition) is 2. The van der Waals surface area contributed by atoms with Crippen LogP contribution in [0.4, 0.5) is 0 Å². The van der Waals surface area contributed by atoms with Crippen molar-refractivity contribution in [1.29, 1.82) is 0 Å². The van der Waals surface area contributed by atoms with E-state index in [0.717, 1.165) is 11.3 Å². The number of halogens is 2. The van der Waals surface area contributed by atoms with Crippen molar-refractivity contribution in [3.05, 3.63) is 64.8 Å². The summed E-state index contributed by atoms with van der Waals surface area (Å²) >= 11 is 11.7. The predicted molar refractivity (Wildman–Crippen MR) is 80.6 cm³/mol. The highest BCUT2D eigenvalue weighted by Crippen LogP contribution is 2.32. The van der Waals surface area contributed by atoms with Gasteiger partial charge in [0.2, 0.25) is 0 Å². The van der Waals surface area contributed by atoms with Gasteiger partial charge in [-0.1, -0.05) is 35.3 Å². The molecule has 3 aromatic rings. The van der Waals surface area contributed by atoms with Crippen molar-refractivity contribution in [2.24, 2.45) is 0 Å². The largest absolute Gasteiger partial charge is 0.453 e. The summed E-state index contributed by atoms with van der Waals surface area (Å²) in [4.78, 5) is 0. The van der Waals surface area contributed by atoms with Crippen molar-refractivity contribution in [1.82, 2.24) is 10.2 Å². The van der Waals surface area contributed by atoms with E-state index in [-0.39, 0.29) is 0 Å². The van der Waals surface area contributed by atoms with E-state index in [9.17, 15) is 0 Å². The molecule has 1 aromatic heterocycles. The fraction of sp³-hybridized carbons (Fsp3) is 0. The Morgan fingerprint density at radius 2 is 1.45 bits per heavy atom. The van der Waals surface area contributed by atoms with Gasteiger partial charge in [0.1, 0.15) is 11.4 Å². The van der Waals surface area contributed by atoms with Crippen LogP contribution in [0.1, 0.15) is 0 Å². The third-order valence-corrected chi connectivity index (χ3v) is 3.27. The van der Waals surface area contributed by atoms with Gasteiger partial charge in [0.25, 0.3) is 0 Å². The van der Waals surface area contributed by atoms with Gasteiger partial charge in [-0.05, 0) is 36.4 Å². The lowest BCUT2D eigenvalue weighted by atomic mass is 10.1. The van der Waals surface area contributed by atoms with Crippen molar-refractivity contribution >= 4 is 23.2 Å². The van der Waals surface area contributed by atoms with Crippen LogP contribution in [0, 0.1) is 0 Å². The molecule has 3 nitrogen and oxygen atoms in total. The number of nitrogens with zero attached hydrogens (tertiary/aromatic N) is 1. The highest BCUT2D eigenvalue weighted by atomic mass is 35.5. The van der Waals surface area contributed by atoms with Gasteiger partial charge in [0.15, 0.2) is 5.75 Å². The molecule has 0 radical (unpaired) electrons. The molecule has 20 heavy (non-hydrogen) atoms. The number of benzene rings is 2. The number of ether oxygens (including phenoxy) is 1. The number of hydrogen-bond donors (Lipinski definition) is 1. The fourth-order valence-corrected chi connectivity index (χ4v) is 2.05. The van der Waals surface area contributed by atoms with Gasteiger partial charge < -0.3 is 4.74 Å². The second-order valence-corrected chi connectivity index (χ2v) is 5.03. The van der Waals surface area contributed by atoms with Gasteiger partial charge in [0, 0.05) is 15.6 Å². The Hall–Kier alpha value is -1.97. The Kier molecular flexibility index (Phi) is 3.63. The number of aromatic nitrogens is 2. The van der Waals surface area contributed by atoms with Gasteiger partial charge in [-0.15, -0.1) is 0 Å². The first-order valence-electron chi connectivity index (χ1n) is 5.95. The molecule has 1 N–H and O–H groups in total. The van der Waals surface area contributed by atoms with Crippen molar-refractivity contribution in [2.45, 2.75) is 0 Å². The van der Waals surface area contributed by atoms with E-state index in [1.165, 1.54) is 0 Å². The Bertz CT molecular complexity index is 705. The van der Waals surface area contributed by atoms with Crippen molar-refractivity contribution in [3.8, 4) is 22.8 Å². The van der Waals surface area contributed by atoms with Crippen LogP contribution in [-0.4, -0.2) is 10.2 Å². The molecule has 100 valence electrons. The maximum atomic E-state index is 5.89. The number of aromatic amines is 1. The van der Waals surface area contributed by atoms with Crippen LogP contribution < -0.4 is 4.74 Å². The molecule has 0 unspecified atom stereocenters. The molecule has 5 heteroatoms. The summed E-state index contributed by atoms with van der Waals surface area (Å²) < 4.78 is 5.80. The van der Waals surface area contributed by atoms with Gasteiger partial charge in [-0.3, -0.25) is 5.10 Å². The molecule has 2 aromatic carbocycles. The normalized spacial score (nSPS) is 10.5. The van der Waals surface area contributed by atoms with E-state index in [4.69, 9.17) is 27.9 Å². The average molecular weight is 305 g/mol. The summed E-state index contributed by atoms with van der Waals surface area (Å²) in [6.45, 7) is 0. The Labute approximate surface area is 126 Å². The van der Waals surface area contributed by atoms with Gasteiger partial charge in [-0.25, -0.2) is 0 Å². The molecular formula is C15H10Cl2N2O. The lowest BCUT2D eigenvalue weighted by Crippen LogP contribution is -1.86. The van der Waals surface area contributed by atoms with Gasteiger partial charge >= 0.3 is 0 Å². The standard InChI is InChI=1S/C15H10Cl2N2O/c16-11-3-1-10(2-4-11)15-14(9-18-19-15)20-13-7-5-12(17)6-8-13/h1-9H,(H,18,19). The molecule has 0 fully saturated rings. The Balaban J connectivity index is 1.90. The summed E-state index contributed by atoms with van der Waals surface area (Å²) in [5.41, 5.74) is 1.66. The second-order valence-electron chi connectivity index (χ2n) is 4.16. The van der Waals surface area contributed by atoms with Crippen LogP contribution in [0.25, 0.3) is 11.3 Å². The molecule has 0 saturated carbocycles. The zero-order valence-electron chi connectivity index (χ0n) is 10.3. The smallest absolute Gasteiger partial charge is 0.173 e. The first-order valence-corrected chi connectivity index (χ1v) is 6.71. The summed E-state index contributed by atoms with van der Waals surface area (Å²) in [5, 5.41) is 8.37. The van der Waals surface area contributed by atoms with Gasteiger partial charge in [0.05, 0.1) is 6.20 Å². The molecule has 0 spiro atoms. The maximum Gasteiger partial charge on any atom is 0.173 e. The summed E-state index contributed by atoms with van der Waals surface area (Å²) in [5.74, 6) is 1.35. The van der Waals surface area contributed by atoms with Crippen molar-refractivity contribution in [2.75, 3.05) is 0 Å². The van der Waals surface area contributed by atoms with Crippen molar-refractivity contribution < 1.29 is 4.74 Å². The predicted octanol–water partition coefficient (Wildman–Crippen LogP) is 5.18. The van der Waals surface area contributed by atoms with E-state index in [0.29, 0.717) is 21.5 Å². The molecule has 1 heterocycles. The number of rotatable bonds is 3. The maximum absolute atomic E-state index is 5.89. The number of H-pyrrole nitrogens is 1. The SMILES string of the molecule is Clc1ccc(Oc2c[nH]nc2-c2ccc(Cl)cc2)cc1. The minimum Gasteiger partial charge on any atom is -0.453 e. The zero-order valence-corrected chi connectivity index (χ0v) is 11.8. The second kappa shape index (κ2) is 5.57. The summed E-state index contributed by atoms with van der Waals surface area (Å²) in [7, 11) is 0. The van der Waals surface area contributed by atoms with E-state index >= 15 is 0 Å². The summed E-state index contributed by atoms with van der Waals surface area (Å²) in [6, 6.07) is 14.6. The molecular weight excluding hydrogens is 295 g/mol. The van der Waals surface area contributed by atoms with Crippen LogP contribution in [0.3, 0.4) is 0 Å². The van der Waals surface area contributed by atoms with Gasteiger partial charge in [-0.2, -0.15) is 5.10 Å². The Morgan fingerprint density at radius 3 is 2.10 bits per heavy atom. The van der Waals surface area contributed by atoms with E-state index in [1.807, 2.05) is 24.3 Å². The molecule has 0 aliphatic rings. The molecule has 3 rings (SSSR count). The highest BCUT2D eigenvalue weighted by molar-refractivity contribution is 6.30. The zero-order chi connectivity index (χ0) is 13.9. The fourth-order valence-electron chi connectivity index (χ4n) is 1.80. The van der Waals surface area contributed by atoms with Crippen LogP contribution in [-0.2, 0) is 0 Å². The third kappa shape index (κ3) is 2.79. The number of nitrogens with one attached hydrogen (secondary N) is 1. The monoisotopic (exact) mass is 304 g/mol. The lowest BCUT2D eigenvalue weighted by Gasteiger charge is -2.06. The Morgan fingerprint density at radius 1 is 0.850 bits per heavy atom. The van der Waals surface area contributed by atoms with E-state index in [2.05, 4.69) is 10.2 Å². The quantitative estimate of drug-likeness (QED) is 0.724. The highest BCUT2D eigenvalue weighted by Gasteiger charge is 2.10. The van der Waals surface area contributed by atoms with Crippen LogP contribution in [0.2, 0.25) is 10.0 Å². The van der Waals surface area contributed by atoms with Crippen LogP contribution in [0.5, 0.6) is 11.5 Å². The first-order chi connectivity index (χ1) is 9.72. The summed E-state index contributed by atoms with van der Waals surface area (Å²) in [6.07, 6.45) is 1.71. The molecule has 0 amide bonds. The molecule has 0 saturated heterocycles. The van der Waals surface area contributed by atoms with Crippen molar-refractivity contribution in [3.63, 3.8) is 0 Å². The minimum atomic E-state index is 0.648. The molecule has 0 atom stereocenters. The lowest BCUT2D eigenvalue weighted by molar-refractivity contribution is 0.485. The van der Waals surface area contributed by atoms with Crippen LogP contribution >= 0.6 is 23.2 Å². The van der Waals surface area contributed by atoms with Crippen LogP contribution in [0.15, 0.2) is 54.7 Å². The van der Waals surface area contributed by atoms with E-state index in [1.54, 1.807) is 30.5 Å². The molecule has 0 aliphatic carbocycles. The minimum absolute atomic E-state index is 0.648. The third-order valence-electron chi connectivity index (χ3n) is 2.76. The molecule has 0 aliphatic heterocycles. The average Bonchev–Trinajstić information content (AvgIpc) is 2.90. The molecule has 0 bridgehead atoms. The van der Waals surface area contributed by atoms with E-state index < -0.39 is 0 Å². The topological polar surface area (TPSA) is 37.9 Å².